The Labute approximate surface area is 270 Å². The zero-order valence-electron chi connectivity index (χ0n) is 25.7. The van der Waals surface area contributed by atoms with Gasteiger partial charge in [-0.3, -0.25) is 14.5 Å². The molecule has 4 aromatic rings. The van der Waals surface area contributed by atoms with Gasteiger partial charge in [0.2, 0.25) is 0 Å². The molecule has 3 aliphatic carbocycles. The van der Waals surface area contributed by atoms with Crippen LogP contribution in [-0.4, -0.2) is 58.2 Å². The van der Waals surface area contributed by atoms with Crippen LogP contribution in [0, 0.1) is 17.8 Å². The molecule has 0 bridgehead atoms. The van der Waals surface area contributed by atoms with Crippen molar-refractivity contribution in [2.45, 2.75) is 31.8 Å². The first-order valence-corrected chi connectivity index (χ1v) is 15.3. The van der Waals surface area contributed by atoms with Gasteiger partial charge in [-0.25, -0.2) is 4.79 Å². The minimum atomic E-state index is -1.39. The zero-order chi connectivity index (χ0) is 32.8. The Morgan fingerprint density at radius 2 is 1.57 bits per heavy atom. The molecule has 1 saturated carbocycles. The summed E-state index contributed by atoms with van der Waals surface area (Å²) in [6, 6.07) is 22.4. The Kier molecular flexibility index (Phi) is 7.77. The summed E-state index contributed by atoms with van der Waals surface area (Å²) in [5, 5.41) is 26.3. The number of carbonyl (C=O) groups is 3. The van der Waals surface area contributed by atoms with Gasteiger partial charge >= 0.3 is 6.16 Å². The molecule has 2 N–H and O–H groups in total. The van der Waals surface area contributed by atoms with Crippen LogP contribution in [0.5, 0.6) is 11.6 Å². The fraction of sp³-hybridized carbons (Fsp3) is 0.278. The molecule has 5 atom stereocenters. The lowest BCUT2D eigenvalue weighted by molar-refractivity contribution is -0.131. The Morgan fingerprint density at radius 3 is 2.26 bits per heavy atom. The van der Waals surface area contributed by atoms with Crippen LogP contribution in [-0.2, 0) is 33.9 Å². The van der Waals surface area contributed by atoms with E-state index in [1.165, 1.54) is 6.07 Å². The maximum atomic E-state index is 14.5. The largest absolute Gasteiger partial charge is 0.508 e. The highest BCUT2D eigenvalue weighted by molar-refractivity contribution is 6.21. The Morgan fingerprint density at radius 1 is 0.894 bits per heavy atom. The summed E-state index contributed by atoms with van der Waals surface area (Å²) in [6.45, 7) is 0.0456. The van der Waals surface area contributed by atoms with E-state index in [0.29, 0.717) is 5.56 Å². The maximum Gasteiger partial charge on any atom is 0.508 e. The molecule has 0 amide bonds. The van der Waals surface area contributed by atoms with Crippen LogP contribution < -0.4 is 4.74 Å². The van der Waals surface area contributed by atoms with E-state index in [4.69, 9.17) is 18.7 Å². The van der Waals surface area contributed by atoms with Crippen LogP contribution in [0.25, 0.3) is 5.76 Å². The number of aliphatic hydroxyl groups is 1. The number of hydrogen-bond donors (Lipinski definition) is 2. The number of benzene rings is 3. The summed E-state index contributed by atoms with van der Waals surface area (Å²) < 4.78 is 23.3. The van der Waals surface area contributed by atoms with Gasteiger partial charge in [0.1, 0.15) is 36.4 Å². The number of ketones is 2. The molecule has 3 aliphatic rings. The molecular formula is C36H32N2O9. The number of aromatic nitrogens is 1. The molecule has 11 nitrogen and oxygen atoms in total. The number of hydrogen-bond acceptors (Lipinski definition) is 11. The third-order valence-corrected chi connectivity index (χ3v) is 9.20. The van der Waals surface area contributed by atoms with Crippen molar-refractivity contribution in [2.24, 2.45) is 17.8 Å². The SMILES string of the molecule is CN(C)[C@@H]1c2onc(OCc3ccccc3)c2C(=O)[C@H]2C(=O)C3=C(O)c4c(O)cccc4C[C@H]3[C@H](OC(=O)OCc3ccccc3)[C@H]21. The van der Waals surface area contributed by atoms with E-state index in [9.17, 15) is 24.6 Å². The van der Waals surface area contributed by atoms with Crippen molar-refractivity contribution < 1.29 is 43.3 Å². The van der Waals surface area contributed by atoms with Crippen LogP contribution in [0.1, 0.15) is 44.4 Å². The minimum absolute atomic E-state index is 0.0252. The topological polar surface area (TPSA) is 149 Å². The average Bonchev–Trinajstić information content (AvgIpc) is 3.49. The molecule has 1 fully saturated rings. The maximum absolute atomic E-state index is 14.5. The molecule has 11 heteroatoms. The lowest BCUT2D eigenvalue weighted by atomic mass is 9.58. The molecule has 0 radical (unpaired) electrons. The summed E-state index contributed by atoms with van der Waals surface area (Å²) in [7, 11) is 3.53. The number of nitrogens with zero attached hydrogens (tertiary/aromatic N) is 2. The fourth-order valence-electron chi connectivity index (χ4n) is 7.19. The number of carbonyl (C=O) groups excluding carboxylic acids is 3. The first kappa shape index (κ1) is 30.2. The number of aromatic hydroxyl groups is 1. The van der Waals surface area contributed by atoms with Gasteiger partial charge in [-0.15, -0.1) is 0 Å². The van der Waals surface area contributed by atoms with Gasteiger partial charge in [0.05, 0.1) is 17.5 Å². The van der Waals surface area contributed by atoms with Crippen LogP contribution in [0.2, 0.25) is 0 Å². The van der Waals surface area contributed by atoms with Gasteiger partial charge in [-0.2, -0.15) is 0 Å². The average molecular weight is 637 g/mol. The molecule has 47 heavy (non-hydrogen) atoms. The van der Waals surface area contributed by atoms with E-state index in [1.54, 1.807) is 43.3 Å². The van der Waals surface area contributed by atoms with Crippen molar-refractivity contribution >= 4 is 23.5 Å². The highest BCUT2D eigenvalue weighted by Gasteiger charge is 2.62. The third kappa shape index (κ3) is 5.22. The standard InChI is InChI=1S/C36H32N2O9/c1-38(2)29-26-27(32(42)28-34(29)47-37-35(28)44-17-19-10-5-3-6-11-19)31(41)25-22(16-21-14-9-15-23(39)24(21)30(25)40)33(26)46-36(43)45-18-20-12-7-4-8-13-20/h3-15,22,26-27,29,33,39-40H,16-18H2,1-2H3/t22-,26-,27-,29+,33+/m1/s1. The highest BCUT2D eigenvalue weighted by Crippen LogP contribution is 2.55. The lowest BCUT2D eigenvalue weighted by Crippen LogP contribution is -2.57. The third-order valence-electron chi connectivity index (χ3n) is 9.20. The molecule has 0 saturated heterocycles. The lowest BCUT2D eigenvalue weighted by Gasteiger charge is -2.49. The number of fused-ring (bicyclic) bond motifs is 4. The van der Waals surface area contributed by atoms with Crippen LogP contribution in [0.15, 0.2) is 89.0 Å². The van der Waals surface area contributed by atoms with E-state index >= 15 is 0 Å². The first-order chi connectivity index (χ1) is 22.7. The quantitative estimate of drug-likeness (QED) is 0.197. The van der Waals surface area contributed by atoms with E-state index in [1.807, 2.05) is 48.5 Å². The van der Waals surface area contributed by atoms with E-state index in [0.717, 1.165) is 11.1 Å². The number of phenolic OH excluding ortho intramolecular Hbond substituents is 1. The second kappa shape index (κ2) is 12.1. The molecule has 1 aromatic heterocycles. The Balaban J connectivity index is 1.31. The highest BCUT2D eigenvalue weighted by atomic mass is 16.7. The molecule has 0 aliphatic heterocycles. The number of ether oxygens (including phenoxy) is 3. The molecule has 240 valence electrons. The summed E-state index contributed by atoms with van der Waals surface area (Å²) in [5.74, 6) is -4.94. The van der Waals surface area contributed by atoms with Crippen molar-refractivity contribution in [3.8, 4) is 11.6 Å². The summed E-state index contributed by atoms with van der Waals surface area (Å²) in [6.07, 6.45) is -1.96. The Bertz CT molecular complexity index is 1880. The second-order valence-electron chi connectivity index (χ2n) is 12.2. The Hall–Kier alpha value is -5.42. The van der Waals surface area contributed by atoms with Crippen LogP contribution >= 0.6 is 0 Å². The van der Waals surface area contributed by atoms with Crippen molar-refractivity contribution in [2.75, 3.05) is 14.1 Å². The predicted molar refractivity (Wildman–Crippen MR) is 166 cm³/mol. The van der Waals surface area contributed by atoms with E-state index < -0.39 is 53.4 Å². The van der Waals surface area contributed by atoms with Gasteiger partial charge in [0, 0.05) is 17.4 Å². The van der Waals surface area contributed by atoms with Gasteiger partial charge in [-0.1, -0.05) is 72.8 Å². The van der Waals surface area contributed by atoms with Crippen LogP contribution in [0.3, 0.4) is 0 Å². The second-order valence-corrected chi connectivity index (χ2v) is 12.2. The van der Waals surface area contributed by atoms with Gasteiger partial charge in [0.25, 0.3) is 5.88 Å². The number of rotatable bonds is 7. The summed E-state index contributed by atoms with van der Waals surface area (Å²) in [5.41, 5.74) is 2.20. The molecule has 0 spiro atoms. The zero-order valence-corrected chi connectivity index (χ0v) is 25.7. The van der Waals surface area contributed by atoms with Gasteiger partial charge in [-0.05, 0) is 48.4 Å². The molecule has 1 heterocycles. The van der Waals surface area contributed by atoms with Crippen LogP contribution in [0.4, 0.5) is 4.79 Å². The minimum Gasteiger partial charge on any atom is -0.507 e. The van der Waals surface area contributed by atoms with Gasteiger partial charge < -0.3 is 28.9 Å². The molecule has 7 rings (SSSR count). The molecule has 3 aromatic carbocycles. The van der Waals surface area contributed by atoms with Gasteiger partial charge in [0.15, 0.2) is 17.3 Å². The summed E-state index contributed by atoms with van der Waals surface area (Å²) >= 11 is 0. The smallest absolute Gasteiger partial charge is 0.507 e. The molecule has 0 unspecified atom stereocenters. The van der Waals surface area contributed by atoms with E-state index in [-0.39, 0.29) is 53.7 Å². The monoisotopic (exact) mass is 636 g/mol. The summed E-state index contributed by atoms with van der Waals surface area (Å²) in [4.78, 5) is 44.0. The van der Waals surface area contributed by atoms with Crippen molar-refractivity contribution in [3.63, 3.8) is 0 Å². The number of phenols is 1. The molecular weight excluding hydrogens is 604 g/mol. The normalized spacial score (nSPS) is 23.0. The van der Waals surface area contributed by atoms with E-state index in [2.05, 4.69) is 5.16 Å². The van der Waals surface area contributed by atoms with Crippen molar-refractivity contribution in [3.05, 3.63) is 118 Å². The first-order valence-electron chi connectivity index (χ1n) is 15.3. The number of aliphatic hydroxyl groups excluding tert-OH is 1. The van der Waals surface area contributed by atoms with Crippen molar-refractivity contribution in [1.29, 1.82) is 0 Å². The number of Topliss-reactive ketones (excluding diaryl/α,β-unsaturated/α-hetero) is 2. The predicted octanol–water partition coefficient (Wildman–Crippen LogP) is 5.44. The van der Waals surface area contributed by atoms with Crippen molar-refractivity contribution in [1.82, 2.24) is 10.1 Å². The fourth-order valence-corrected chi connectivity index (χ4v) is 7.19.